The summed E-state index contributed by atoms with van der Waals surface area (Å²) < 4.78 is 68.0. The van der Waals surface area contributed by atoms with E-state index in [4.69, 9.17) is 5.26 Å². The second kappa shape index (κ2) is 6.12. The van der Waals surface area contributed by atoms with Crippen molar-refractivity contribution in [1.82, 2.24) is 0 Å². The van der Waals surface area contributed by atoms with Crippen molar-refractivity contribution in [2.75, 3.05) is 0 Å². The first-order valence-electron chi connectivity index (χ1n) is 6.75. The van der Waals surface area contributed by atoms with Crippen molar-refractivity contribution >= 4 is 0 Å². The summed E-state index contributed by atoms with van der Waals surface area (Å²) >= 11 is 0. The Hall–Kier alpha value is -1.21. The van der Waals surface area contributed by atoms with E-state index >= 15 is 0 Å². The molecule has 2 nitrogen and oxygen atoms in total. The Balaban J connectivity index is 3.65. The molecule has 0 saturated heterocycles. The van der Waals surface area contributed by atoms with E-state index in [1.54, 1.807) is 20.8 Å². The van der Waals surface area contributed by atoms with Crippen LogP contribution < -0.4 is 0 Å². The standard InChI is InChI=1S/C15H19F5O2/c1-6-14(2,3)13(22-21)15(4,5)7-8(16)10(18)12(20)11(19)9(7)17/h13,21H,6H2,1-5H3. The van der Waals surface area contributed by atoms with Gasteiger partial charge in [0.15, 0.2) is 23.3 Å². The summed E-state index contributed by atoms with van der Waals surface area (Å²) in [5.74, 6) is -10.1. The molecule has 1 atom stereocenters. The van der Waals surface area contributed by atoms with Gasteiger partial charge in [-0.05, 0) is 11.8 Å². The van der Waals surface area contributed by atoms with Crippen molar-refractivity contribution in [3.05, 3.63) is 34.6 Å². The molecule has 0 amide bonds. The molecule has 0 radical (unpaired) electrons. The van der Waals surface area contributed by atoms with E-state index in [1.807, 2.05) is 0 Å². The quantitative estimate of drug-likeness (QED) is 0.273. The van der Waals surface area contributed by atoms with Crippen LogP contribution in [0.1, 0.15) is 46.6 Å². The summed E-state index contributed by atoms with van der Waals surface area (Å²) in [4.78, 5) is 4.37. The lowest BCUT2D eigenvalue weighted by atomic mass is 9.67. The molecule has 1 aromatic carbocycles. The molecule has 1 aromatic rings. The molecule has 1 unspecified atom stereocenters. The Morgan fingerprint density at radius 2 is 1.23 bits per heavy atom. The minimum absolute atomic E-state index is 0.442. The number of hydrogen-bond acceptors (Lipinski definition) is 2. The lowest BCUT2D eigenvalue weighted by Gasteiger charge is -2.42. The zero-order valence-corrected chi connectivity index (χ0v) is 13.0. The number of halogens is 5. The first kappa shape index (κ1) is 18.8. The summed E-state index contributed by atoms with van der Waals surface area (Å²) in [6.07, 6.45) is -0.755. The van der Waals surface area contributed by atoms with Crippen LogP contribution in [0.4, 0.5) is 22.0 Å². The second-order valence-corrected chi connectivity index (χ2v) is 6.49. The normalized spacial score (nSPS) is 14.3. The molecule has 0 saturated carbocycles. The summed E-state index contributed by atoms with van der Waals surface area (Å²) in [6.45, 7) is 7.57. The average molecular weight is 326 g/mol. The minimum atomic E-state index is -2.22. The van der Waals surface area contributed by atoms with Crippen LogP contribution in [0.25, 0.3) is 0 Å². The number of benzene rings is 1. The van der Waals surface area contributed by atoms with Crippen LogP contribution in [-0.4, -0.2) is 11.4 Å². The van der Waals surface area contributed by atoms with Gasteiger partial charge in [-0.2, -0.15) is 0 Å². The first-order chi connectivity index (χ1) is 9.93. The van der Waals surface area contributed by atoms with E-state index < -0.39 is 51.6 Å². The van der Waals surface area contributed by atoms with Crippen molar-refractivity contribution in [3.63, 3.8) is 0 Å². The van der Waals surface area contributed by atoms with Gasteiger partial charge in [0.2, 0.25) is 5.82 Å². The number of rotatable bonds is 5. The van der Waals surface area contributed by atoms with E-state index in [0.29, 0.717) is 6.42 Å². The van der Waals surface area contributed by atoms with Crippen LogP contribution in [0, 0.1) is 34.5 Å². The van der Waals surface area contributed by atoms with Gasteiger partial charge in [0.1, 0.15) is 6.10 Å². The maximum absolute atomic E-state index is 14.0. The molecule has 1 N–H and O–H groups in total. The molecule has 1 rings (SSSR count). The first-order valence-corrected chi connectivity index (χ1v) is 6.75. The maximum atomic E-state index is 14.0. The molecule has 7 heteroatoms. The Morgan fingerprint density at radius 1 is 0.864 bits per heavy atom. The van der Waals surface area contributed by atoms with Crippen molar-refractivity contribution < 1.29 is 32.1 Å². The van der Waals surface area contributed by atoms with Crippen LogP contribution in [0.15, 0.2) is 0 Å². The van der Waals surface area contributed by atoms with Gasteiger partial charge in [-0.1, -0.05) is 34.6 Å². The summed E-state index contributed by atoms with van der Waals surface area (Å²) in [5, 5.41) is 9.16. The highest BCUT2D eigenvalue weighted by Crippen LogP contribution is 2.43. The van der Waals surface area contributed by atoms with Crippen LogP contribution >= 0.6 is 0 Å². The Morgan fingerprint density at radius 3 is 1.55 bits per heavy atom. The van der Waals surface area contributed by atoms with E-state index in [0.717, 1.165) is 0 Å². The molecule has 0 bridgehead atoms. The minimum Gasteiger partial charge on any atom is -0.251 e. The molecular weight excluding hydrogens is 307 g/mol. The van der Waals surface area contributed by atoms with E-state index in [-0.39, 0.29) is 0 Å². The molecule has 22 heavy (non-hydrogen) atoms. The SMILES string of the molecule is CCC(C)(C)C(OO)C(C)(C)c1c(F)c(F)c(F)c(F)c1F. The zero-order valence-electron chi connectivity index (χ0n) is 13.0. The predicted octanol–water partition coefficient (Wildman–Crippen LogP) is 4.95. The van der Waals surface area contributed by atoms with Crippen molar-refractivity contribution in [1.29, 1.82) is 0 Å². The van der Waals surface area contributed by atoms with Gasteiger partial charge >= 0.3 is 0 Å². The van der Waals surface area contributed by atoms with Gasteiger partial charge in [0.05, 0.1) is 0 Å². The lowest BCUT2D eigenvalue weighted by Crippen LogP contribution is -2.47. The van der Waals surface area contributed by atoms with Gasteiger partial charge in [-0.15, -0.1) is 0 Å². The topological polar surface area (TPSA) is 29.5 Å². The number of hydrogen-bond donors (Lipinski definition) is 1. The average Bonchev–Trinajstić information content (AvgIpc) is 2.43. The van der Waals surface area contributed by atoms with Crippen LogP contribution in [0.2, 0.25) is 0 Å². The summed E-state index contributed by atoms with van der Waals surface area (Å²) in [6, 6.07) is 0. The lowest BCUT2D eigenvalue weighted by molar-refractivity contribution is -0.316. The van der Waals surface area contributed by atoms with Crippen molar-refractivity contribution in [3.8, 4) is 0 Å². The Kier molecular flexibility index (Phi) is 5.24. The molecule has 0 aliphatic carbocycles. The summed E-state index contributed by atoms with van der Waals surface area (Å²) in [5.41, 5.74) is -3.46. The highest BCUT2D eigenvalue weighted by atomic mass is 19.2. The van der Waals surface area contributed by atoms with Gasteiger partial charge in [0, 0.05) is 11.0 Å². The van der Waals surface area contributed by atoms with Crippen LogP contribution in [-0.2, 0) is 10.3 Å². The molecule has 0 aliphatic heterocycles. The Bertz CT molecular complexity index is 541. The highest BCUT2D eigenvalue weighted by molar-refractivity contribution is 5.32. The zero-order chi connectivity index (χ0) is 17.5. The smallest absolute Gasteiger partial charge is 0.200 e. The summed E-state index contributed by atoms with van der Waals surface area (Å²) in [7, 11) is 0. The van der Waals surface area contributed by atoms with E-state index in [9.17, 15) is 22.0 Å². The van der Waals surface area contributed by atoms with Gasteiger partial charge in [-0.25, -0.2) is 26.8 Å². The molecule has 0 heterocycles. The van der Waals surface area contributed by atoms with Crippen LogP contribution in [0.5, 0.6) is 0 Å². The highest BCUT2D eigenvalue weighted by Gasteiger charge is 2.47. The molecule has 126 valence electrons. The van der Waals surface area contributed by atoms with Crippen LogP contribution in [0.3, 0.4) is 0 Å². The predicted molar refractivity (Wildman–Crippen MR) is 70.8 cm³/mol. The Labute approximate surface area is 125 Å². The third-order valence-corrected chi connectivity index (χ3v) is 4.24. The maximum Gasteiger partial charge on any atom is 0.200 e. The molecule has 0 fully saturated rings. The third-order valence-electron chi connectivity index (χ3n) is 4.24. The second-order valence-electron chi connectivity index (χ2n) is 6.49. The monoisotopic (exact) mass is 326 g/mol. The molecule has 0 aromatic heterocycles. The fraction of sp³-hybridized carbons (Fsp3) is 0.600. The molecule has 0 aliphatic rings. The largest absolute Gasteiger partial charge is 0.251 e. The van der Waals surface area contributed by atoms with E-state index in [1.165, 1.54) is 13.8 Å². The van der Waals surface area contributed by atoms with Gasteiger partial charge < -0.3 is 0 Å². The third kappa shape index (κ3) is 2.84. The fourth-order valence-corrected chi connectivity index (χ4v) is 2.74. The van der Waals surface area contributed by atoms with Crippen molar-refractivity contribution in [2.24, 2.45) is 5.41 Å². The molecule has 0 spiro atoms. The van der Waals surface area contributed by atoms with Crippen molar-refractivity contribution in [2.45, 2.75) is 52.6 Å². The van der Waals surface area contributed by atoms with E-state index in [2.05, 4.69) is 4.89 Å². The fourth-order valence-electron chi connectivity index (χ4n) is 2.74. The van der Waals surface area contributed by atoms with Gasteiger partial charge in [0.25, 0.3) is 0 Å². The van der Waals surface area contributed by atoms with Gasteiger partial charge in [-0.3, -0.25) is 5.26 Å². The molecular formula is C15H19F5O2.